The second kappa shape index (κ2) is 12.7. The van der Waals surface area contributed by atoms with E-state index >= 15 is 0 Å². The molecule has 210 valence electrons. The van der Waals surface area contributed by atoms with Gasteiger partial charge in [-0.2, -0.15) is 0 Å². The number of fused-ring (bicyclic) bond motifs is 5. The number of benzene rings is 2. The lowest BCUT2D eigenvalue weighted by molar-refractivity contribution is 0.104. The summed E-state index contributed by atoms with van der Waals surface area (Å²) >= 11 is 0. The number of unbranched alkanes of at least 4 members (excludes halogenated alkanes) is 2. The summed E-state index contributed by atoms with van der Waals surface area (Å²) in [5.74, 6) is 0.586. The molecule has 39 heavy (non-hydrogen) atoms. The maximum atomic E-state index is 12.7. The van der Waals surface area contributed by atoms with E-state index < -0.39 is 0 Å². The smallest absolute Gasteiger partial charge is 0.185 e. The van der Waals surface area contributed by atoms with Gasteiger partial charge in [0, 0.05) is 42.6 Å². The van der Waals surface area contributed by atoms with Gasteiger partial charge in [-0.1, -0.05) is 75.6 Å². The van der Waals surface area contributed by atoms with E-state index in [0.717, 1.165) is 38.2 Å². The van der Waals surface area contributed by atoms with Crippen LogP contribution in [0.4, 0.5) is 0 Å². The Morgan fingerprint density at radius 2 is 1.87 bits per heavy atom. The zero-order chi connectivity index (χ0) is 27.4. The molecule has 0 N–H and O–H groups in total. The van der Waals surface area contributed by atoms with Crippen molar-refractivity contribution in [2.75, 3.05) is 27.2 Å². The Labute approximate surface area is 237 Å². The van der Waals surface area contributed by atoms with E-state index in [2.05, 4.69) is 78.4 Å². The Bertz CT molecular complexity index is 1300. The summed E-state index contributed by atoms with van der Waals surface area (Å²) in [6, 6.07) is 16.0. The molecule has 4 heteroatoms. The van der Waals surface area contributed by atoms with Crippen molar-refractivity contribution in [1.82, 2.24) is 14.4 Å². The molecule has 0 saturated heterocycles. The van der Waals surface area contributed by atoms with Crippen molar-refractivity contribution < 1.29 is 6.22 Å². The number of carbonyl (C=O) groups is 1. The third-order valence-electron chi connectivity index (χ3n) is 9.16. The minimum atomic E-state index is 0. The molecular weight excluding hydrogens is 478 g/mol. The highest BCUT2D eigenvalue weighted by Gasteiger charge is 2.31. The topological polar surface area (TPSA) is 28.5 Å². The Hall–Kier alpha value is -2.69. The minimum absolute atomic E-state index is 0. The number of ketones is 1. The number of hydrogen-bond donors (Lipinski definition) is 0. The fourth-order valence-electron chi connectivity index (χ4n) is 7.06. The summed E-state index contributed by atoms with van der Waals surface area (Å²) in [5, 5.41) is 1.35. The van der Waals surface area contributed by atoms with Gasteiger partial charge in [-0.15, -0.1) is 0 Å². The van der Waals surface area contributed by atoms with E-state index in [1.165, 1.54) is 90.7 Å². The third-order valence-corrected chi connectivity index (χ3v) is 9.16. The number of allylic oxidation sites excluding steroid dienone is 1. The molecule has 0 radical (unpaired) electrons. The molecule has 2 aliphatic rings. The Morgan fingerprint density at radius 3 is 2.62 bits per heavy atom. The van der Waals surface area contributed by atoms with E-state index in [0.29, 0.717) is 12.0 Å². The standard InChI is InChI=1S/C35H47N3O.H2/c1-5-29-25-38-32-23-27(33(39)6-2)19-20-31(32)34(26-15-9-7-10-16-26)35(38)30-18-12-11-17-28(30)24-37(29)22-14-8-13-21-36(3)4;/h6,11-12,17-20,23,26,29H,2,5,7-10,13-16,21-22,24-25H2,1,3-4H3;1H. The maximum Gasteiger partial charge on any atom is 0.185 e. The fourth-order valence-corrected chi connectivity index (χ4v) is 7.06. The highest BCUT2D eigenvalue weighted by molar-refractivity contribution is 6.07. The van der Waals surface area contributed by atoms with E-state index in [1.807, 2.05) is 6.07 Å². The summed E-state index contributed by atoms with van der Waals surface area (Å²) in [7, 11) is 4.33. The number of hydrogen-bond acceptors (Lipinski definition) is 3. The molecule has 0 bridgehead atoms. The first-order chi connectivity index (χ1) is 19.0. The molecule has 1 aliphatic carbocycles. The normalized spacial score (nSPS) is 18.5. The van der Waals surface area contributed by atoms with E-state index in [4.69, 9.17) is 0 Å². The summed E-state index contributed by atoms with van der Waals surface area (Å²) in [5.41, 5.74) is 7.74. The summed E-state index contributed by atoms with van der Waals surface area (Å²) in [4.78, 5) is 17.7. The van der Waals surface area contributed by atoms with E-state index in [9.17, 15) is 4.79 Å². The van der Waals surface area contributed by atoms with Crippen LogP contribution in [-0.2, 0) is 13.1 Å². The van der Waals surface area contributed by atoms with Crippen molar-refractivity contribution >= 4 is 16.7 Å². The molecule has 2 heterocycles. The first kappa shape index (κ1) is 27.9. The van der Waals surface area contributed by atoms with Gasteiger partial charge in [0.05, 0.1) is 5.69 Å². The molecule has 5 rings (SSSR count). The van der Waals surface area contributed by atoms with Crippen LogP contribution >= 0.6 is 0 Å². The van der Waals surface area contributed by atoms with Crippen molar-refractivity contribution in [2.24, 2.45) is 0 Å². The summed E-state index contributed by atoms with van der Waals surface area (Å²) in [6.45, 7) is 10.4. The third kappa shape index (κ3) is 5.93. The van der Waals surface area contributed by atoms with Gasteiger partial charge < -0.3 is 9.47 Å². The lowest BCUT2D eigenvalue weighted by Crippen LogP contribution is -2.39. The summed E-state index contributed by atoms with van der Waals surface area (Å²) in [6.07, 6.45) is 12.8. The molecule has 0 amide bonds. The van der Waals surface area contributed by atoms with Gasteiger partial charge in [0.2, 0.25) is 0 Å². The van der Waals surface area contributed by atoms with Gasteiger partial charge in [0.1, 0.15) is 0 Å². The van der Waals surface area contributed by atoms with Crippen LogP contribution in [0, 0.1) is 0 Å². The highest BCUT2D eigenvalue weighted by Crippen LogP contribution is 2.46. The molecule has 0 spiro atoms. The van der Waals surface area contributed by atoms with Crippen molar-refractivity contribution in [3.63, 3.8) is 0 Å². The van der Waals surface area contributed by atoms with Crippen LogP contribution < -0.4 is 0 Å². The van der Waals surface area contributed by atoms with Crippen molar-refractivity contribution in [3.05, 3.63) is 71.8 Å². The van der Waals surface area contributed by atoms with Crippen LogP contribution in [0.2, 0.25) is 0 Å². The largest absolute Gasteiger partial charge is 0.339 e. The van der Waals surface area contributed by atoms with E-state index in [1.54, 1.807) is 0 Å². The Kier molecular flexibility index (Phi) is 9.04. The molecule has 1 fully saturated rings. The van der Waals surface area contributed by atoms with Crippen LogP contribution in [0.1, 0.15) is 93.5 Å². The number of aromatic nitrogens is 1. The second-order valence-electron chi connectivity index (χ2n) is 12.1. The Balaban J connectivity index is 0.00000370. The van der Waals surface area contributed by atoms with Crippen LogP contribution in [0.3, 0.4) is 0 Å². The van der Waals surface area contributed by atoms with Crippen molar-refractivity contribution in [1.29, 1.82) is 0 Å². The highest BCUT2D eigenvalue weighted by atomic mass is 16.1. The predicted octanol–water partition coefficient (Wildman–Crippen LogP) is 8.30. The predicted molar refractivity (Wildman–Crippen MR) is 167 cm³/mol. The monoisotopic (exact) mass is 527 g/mol. The molecule has 1 aromatic heterocycles. The average molecular weight is 528 g/mol. The average Bonchev–Trinajstić information content (AvgIpc) is 3.26. The minimum Gasteiger partial charge on any atom is -0.339 e. The van der Waals surface area contributed by atoms with Crippen molar-refractivity contribution in [2.45, 2.75) is 89.8 Å². The lowest BCUT2D eigenvalue weighted by atomic mass is 9.81. The lowest BCUT2D eigenvalue weighted by Gasteiger charge is -2.36. The molecule has 1 unspecified atom stereocenters. The van der Waals surface area contributed by atoms with Gasteiger partial charge >= 0.3 is 0 Å². The van der Waals surface area contributed by atoms with Gasteiger partial charge in [0.25, 0.3) is 0 Å². The zero-order valence-corrected chi connectivity index (χ0v) is 24.4. The molecule has 2 aromatic carbocycles. The molecule has 1 aliphatic heterocycles. The molecular formula is C35H49N3O. The van der Waals surface area contributed by atoms with Gasteiger partial charge in [-0.3, -0.25) is 9.69 Å². The summed E-state index contributed by atoms with van der Waals surface area (Å²) < 4.78 is 2.60. The maximum absolute atomic E-state index is 12.7. The zero-order valence-electron chi connectivity index (χ0n) is 24.4. The second-order valence-corrected chi connectivity index (χ2v) is 12.1. The van der Waals surface area contributed by atoms with Crippen LogP contribution in [-0.4, -0.2) is 53.4 Å². The van der Waals surface area contributed by atoms with Crippen LogP contribution in [0.5, 0.6) is 0 Å². The van der Waals surface area contributed by atoms with Crippen LogP contribution in [0.25, 0.3) is 22.2 Å². The first-order valence-corrected chi connectivity index (χ1v) is 15.3. The molecule has 1 saturated carbocycles. The fraction of sp³-hybridized carbons (Fsp3) is 0.514. The van der Waals surface area contributed by atoms with Gasteiger partial charge in [-0.25, -0.2) is 0 Å². The number of nitrogens with zero attached hydrogens (tertiary/aromatic N) is 3. The quantitative estimate of drug-likeness (QED) is 0.151. The van der Waals surface area contributed by atoms with Gasteiger partial charge in [-0.05, 0) is 88.5 Å². The van der Waals surface area contributed by atoms with Gasteiger partial charge in [0.15, 0.2) is 5.78 Å². The Morgan fingerprint density at radius 1 is 1.08 bits per heavy atom. The SMILES string of the molecule is C=CC(=O)c1ccc2c(C3CCCCC3)c3n(c2c1)CC(CC)N(CCCCCN(C)C)Cc1ccccc1-3.[HH]. The number of carbonyl (C=O) groups excluding carboxylic acids is 1. The van der Waals surface area contributed by atoms with E-state index in [-0.39, 0.29) is 7.21 Å². The first-order valence-electron chi connectivity index (χ1n) is 15.3. The molecule has 4 nitrogen and oxygen atoms in total. The molecule has 1 atom stereocenters. The molecule has 3 aromatic rings. The van der Waals surface area contributed by atoms with Crippen LogP contribution in [0.15, 0.2) is 55.1 Å². The van der Waals surface area contributed by atoms with Crippen molar-refractivity contribution in [3.8, 4) is 11.3 Å². The number of rotatable bonds is 10.